The van der Waals surface area contributed by atoms with Crippen molar-refractivity contribution < 1.29 is 14.2 Å². The summed E-state index contributed by atoms with van der Waals surface area (Å²) in [5.41, 5.74) is 1.05. The zero-order valence-corrected chi connectivity index (χ0v) is 18.2. The maximum atomic E-state index is 13.4. The third-order valence-corrected chi connectivity index (χ3v) is 5.29. The molecule has 31 heavy (non-hydrogen) atoms. The fraction of sp³-hybridized carbons (Fsp3) is 0.217. The van der Waals surface area contributed by atoms with Gasteiger partial charge in [-0.25, -0.2) is 4.68 Å². The van der Waals surface area contributed by atoms with Crippen LogP contribution in [0.4, 0.5) is 0 Å². The molecule has 3 aromatic rings. The van der Waals surface area contributed by atoms with Crippen LogP contribution >= 0.6 is 11.6 Å². The predicted octanol–water partition coefficient (Wildman–Crippen LogP) is 2.81. The van der Waals surface area contributed by atoms with Gasteiger partial charge in [0.1, 0.15) is 5.57 Å². The minimum absolute atomic E-state index is 0.0877. The van der Waals surface area contributed by atoms with Crippen LogP contribution in [0.1, 0.15) is 25.1 Å². The predicted molar refractivity (Wildman–Crippen MR) is 117 cm³/mol. The van der Waals surface area contributed by atoms with Crippen molar-refractivity contribution in [3.8, 4) is 5.69 Å². The molecule has 0 radical (unpaired) electrons. The number of halogens is 1. The van der Waals surface area contributed by atoms with Crippen molar-refractivity contribution in [2.24, 2.45) is 5.92 Å². The molecule has 1 aliphatic heterocycles. The quantitative estimate of drug-likeness (QED) is 0.492. The van der Waals surface area contributed by atoms with E-state index in [0.717, 1.165) is 0 Å². The molecule has 0 saturated carbocycles. The Labute approximate surface area is 184 Å². The number of pyridine rings is 1. The highest BCUT2D eigenvalue weighted by atomic mass is 35.5. The van der Waals surface area contributed by atoms with E-state index in [1.165, 1.54) is 9.58 Å². The second-order valence-corrected chi connectivity index (χ2v) is 8.29. The first-order valence-corrected chi connectivity index (χ1v) is 10.3. The Morgan fingerprint density at radius 1 is 1.03 bits per heavy atom. The van der Waals surface area contributed by atoms with E-state index < -0.39 is 17.4 Å². The van der Waals surface area contributed by atoms with Gasteiger partial charge in [-0.3, -0.25) is 24.4 Å². The number of carbonyl (C=O) groups is 2. The molecule has 4 rings (SSSR count). The zero-order chi connectivity index (χ0) is 22.3. The molecule has 0 aliphatic carbocycles. The van der Waals surface area contributed by atoms with Gasteiger partial charge in [0.15, 0.2) is 12.4 Å². The normalized spacial score (nSPS) is 14.3. The second kappa shape index (κ2) is 8.00. The summed E-state index contributed by atoms with van der Waals surface area (Å²) in [6, 6.07) is 12.2. The van der Waals surface area contributed by atoms with Gasteiger partial charge in [-0.1, -0.05) is 37.6 Å². The number of benzene rings is 1. The molecule has 1 aromatic carbocycles. The molecule has 1 aliphatic rings. The smallest absolute Gasteiger partial charge is 0.295 e. The lowest BCUT2D eigenvalue weighted by Crippen LogP contribution is -2.40. The van der Waals surface area contributed by atoms with Gasteiger partial charge in [0.25, 0.3) is 17.2 Å². The van der Waals surface area contributed by atoms with Crippen LogP contribution in [0.5, 0.6) is 0 Å². The molecular formula is C23H22ClN4O3+. The topological polar surface area (TPSA) is 79.1 Å². The summed E-state index contributed by atoms with van der Waals surface area (Å²) in [5.74, 6) is -0.800. The number of H-pyrrole nitrogens is 1. The molecule has 2 aromatic heterocycles. The number of hydrogen-bond acceptors (Lipinski definition) is 3. The lowest BCUT2D eigenvalue weighted by molar-refractivity contribution is -0.576. The summed E-state index contributed by atoms with van der Waals surface area (Å²) < 4.78 is 2.92. The number of hydrogen-bond donors (Lipinski definition) is 1. The molecule has 0 fully saturated rings. The molecular weight excluding hydrogens is 416 g/mol. The number of rotatable bonds is 5. The summed E-state index contributed by atoms with van der Waals surface area (Å²) in [4.78, 5) is 41.3. The van der Waals surface area contributed by atoms with Crippen molar-refractivity contribution in [3.05, 3.63) is 81.5 Å². The molecule has 3 heterocycles. The standard InChI is InChI=1S/C23H21ClN4O3/c1-14(2)13-27-21(29)19(20(23(27)31)26-10-5-4-6-11-26)18-15(3)25-28(22(18)30)17-9-7-8-16(24)12-17/h4-12,14H,13H2,1-3H3/p+1. The maximum Gasteiger partial charge on any atom is 0.326 e. The average Bonchev–Trinajstić information content (AvgIpc) is 3.15. The second-order valence-electron chi connectivity index (χ2n) is 7.85. The Bertz CT molecular complexity index is 1270. The highest BCUT2D eigenvalue weighted by Crippen LogP contribution is 2.30. The van der Waals surface area contributed by atoms with Crippen LogP contribution in [0.15, 0.2) is 59.7 Å². The fourth-order valence-electron chi connectivity index (χ4n) is 3.74. The van der Waals surface area contributed by atoms with Gasteiger partial charge in [-0.2, -0.15) is 4.57 Å². The van der Waals surface area contributed by atoms with Gasteiger partial charge in [0.2, 0.25) is 0 Å². The molecule has 7 nitrogen and oxygen atoms in total. The summed E-state index contributed by atoms with van der Waals surface area (Å²) in [6.45, 7) is 5.84. The molecule has 0 unspecified atom stereocenters. The lowest BCUT2D eigenvalue weighted by atomic mass is 10.1. The Hall–Kier alpha value is -3.45. The number of amides is 2. The van der Waals surface area contributed by atoms with Gasteiger partial charge in [-0.05, 0) is 31.0 Å². The van der Waals surface area contributed by atoms with E-state index in [9.17, 15) is 14.4 Å². The van der Waals surface area contributed by atoms with Gasteiger partial charge in [0.05, 0.1) is 11.3 Å². The number of carbonyl (C=O) groups excluding carboxylic acids is 2. The van der Waals surface area contributed by atoms with Crippen molar-refractivity contribution in [1.29, 1.82) is 0 Å². The number of aryl methyl sites for hydroxylation is 1. The first-order chi connectivity index (χ1) is 14.8. The van der Waals surface area contributed by atoms with Crippen molar-refractivity contribution in [3.63, 3.8) is 0 Å². The van der Waals surface area contributed by atoms with E-state index in [1.54, 1.807) is 60.3 Å². The van der Waals surface area contributed by atoms with Crippen molar-refractivity contribution in [1.82, 2.24) is 14.7 Å². The van der Waals surface area contributed by atoms with Crippen LogP contribution in [-0.2, 0) is 9.59 Å². The lowest BCUT2D eigenvalue weighted by Gasteiger charge is -2.15. The number of nitrogens with zero attached hydrogens (tertiary/aromatic N) is 3. The van der Waals surface area contributed by atoms with Crippen molar-refractivity contribution in [2.45, 2.75) is 20.8 Å². The minimum atomic E-state index is -0.470. The third kappa shape index (κ3) is 3.61. The van der Waals surface area contributed by atoms with Crippen LogP contribution in [0.25, 0.3) is 17.0 Å². The van der Waals surface area contributed by atoms with E-state index in [-0.39, 0.29) is 29.3 Å². The van der Waals surface area contributed by atoms with Gasteiger partial charge >= 0.3 is 5.91 Å². The number of imide groups is 1. The monoisotopic (exact) mass is 437 g/mol. The molecule has 158 valence electrons. The Balaban J connectivity index is 1.96. The summed E-state index contributed by atoms with van der Waals surface area (Å²) in [5, 5.41) is 3.50. The first kappa shape index (κ1) is 20.8. The highest BCUT2D eigenvalue weighted by molar-refractivity contribution is 6.44. The SMILES string of the molecule is Cc1[nH]n(-c2cccc(Cl)c2)c(=O)c1C1=C([n+]2ccccc2)C(=O)N(CC(C)C)C1=O. The number of aromatic amines is 1. The van der Waals surface area contributed by atoms with E-state index in [2.05, 4.69) is 5.10 Å². The van der Waals surface area contributed by atoms with Crippen LogP contribution in [0.3, 0.4) is 0 Å². The third-order valence-electron chi connectivity index (χ3n) is 5.05. The molecule has 0 spiro atoms. The van der Waals surface area contributed by atoms with Crippen LogP contribution in [-0.4, -0.2) is 33.0 Å². The van der Waals surface area contributed by atoms with E-state index >= 15 is 0 Å². The molecule has 2 amide bonds. The number of nitrogens with one attached hydrogen (secondary N) is 1. The largest absolute Gasteiger partial charge is 0.326 e. The van der Waals surface area contributed by atoms with Crippen molar-refractivity contribution in [2.75, 3.05) is 6.54 Å². The fourth-order valence-corrected chi connectivity index (χ4v) is 3.93. The average molecular weight is 438 g/mol. The maximum absolute atomic E-state index is 13.4. The Morgan fingerprint density at radius 3 is 2.39 bits per heavy atom. The van der Waals surface area contributed by atoms with Gasteiger partial charge < -0.3 is 0 Å². The molecule has 0 bridgehead atoms. The minimum Gasteiger partial charge on any atom is -0.295 e. The molecule has 1 N–H and O–H groups in total. The zero-order valence-electron chi connectivity index (χ0n) is 17.4. The van der Waals surface area contributed by atoms with E-state index in [1.807, 2.05) is 19.9 Å². The van der Waals surface area contributed by atoms with Crippen molar-refractivity contribution >= 4 is 34.7 Å². The van der Waals surface area contributed by atoms with Gasteiger partial charge in [-0.15, -0.1) is 0 Å². The number of aromatic nitrogens is 3. The Morgan fingerprint density at radius 2 is 1.74 bits per heavy atom. The van der Waals surface area contributed by atoms with E-state index in [0.29, 0.717) is 16.4 Å². The van der Waals surface area contributed by atoms with Crippen LogP contribution in [0.2, 0.25) is 5.02 Å². The summed E-state index contributed by atoms with van der Waals surface area (Å²) >= 11 is 6.09. The first-order valence-electron chi connectivity index (χ1n) is 9.94. The highest BCUT2D eigenvalue weighted by Gasteiger charge is 2.47. The Kier molecular flexibility index (Phi) is 5.37. The molecule has 8 heteroatoms. The summed E-state index contributed by atoms with van der Waals surface area (Å²) in [6.07, 6.45) is 3.38. The summed E-state index contributed by atoms with van der Waals surface area (Å²) in [7, 11) is 0. The van der Waals surface area contributed by atoms with E-state index in [4.69, 9.17) is 11.6 Å². The molecule has 0 saturated heterocycles. The molecule has 0 atom stereocenters. The van der Waals surface area contributed by atoms with Gasteiger partial charge in [0, 0.05) is 29.4 Å². The van der Waals surface area contributed by atoms with Crippen LogP contribution < -0.4 is 10.1 Å². The van der Waals surface area contributed by atoms with Crippen LogP contribution in [0, 0.1) is 12.8 Å².